The second kappa shape index (κ2) is 10.2. The Morgan fingerprint density at radius 2 is 1.75 bits per heavy atom. The van der Waals surface area contributed by atoms with Crippen molar-refractivity contribution in [2.24, 2.45) is 0 Å². The Morgan fingerprint density at radius 1 is 1.07 bits per heavy atom. The average Bonchev–Trinajstić information content (AvgIpc) is 2.72. The van der Waals surface area contributed by atoms with Crippen LogP contribution >= 0.6 is 0 Å². The van der Waals surface area contributed by atoms with Gasteiger partial charge in [0.2, 0.25) is 0 Å². The zero-order chi connectivity index (χ0) is 19.8. The molecule has 0 spiro atoms. The Labute approximate surface area is 164 Å². The van der Waals surface area contributed by atoms with Crippen LogP contribution in [0.3, 0.4) is 0 Å². The maximum absolute atomic E-state index is 12.9. The van der Waals surface area contributed by atoms with Crippen molar-refractivity contribution >= 4 is 6.03 Å². The number of ether oxygens (including phenoxy) is 1. The summed E-state index contributed by atoms with van der Waals surface area (Å²) in [6.45, 7) is 4.59. The van der Waals surface area contributed by atoms with Gasteiger partial charge in [-0.3, -0.25) is 4.90 Å². The van der Waals surface area contributed by atoms with E-state index in [2.05, 4.69) is 21.6 Å². The molecule has 3 N–H and O–H groups in total. The van der Waals surface area contributed by atoms with Crippen LogP contribution in [-0.4, -0.2) is 48.9 Å². The number of rotatable bonds is 7. The van der Waals surface area contributed by atoms with Crippen LogP contribution in [0.25, 0.3) is 0 Å². The van der Waals surface area contributed by atoms with Gasteiger partial charge in [-0.25, -0.2) is 9.18 Å². The number of amides is 2. The SMILES string of the molecule is O=C(NCc1ccccc1CN1CCOCC1)NCC(O)c1ccc(F)cc1. The molecule has 7 heteroatoms. The summed E-state index contributed by atoms with van der Waals surface area (Å²) in [5, 5.41) is 15.6. The van der Waals surface area contributed by atoms with E-state index >= 15 is 0 Å². The standard InChI is InChI=1S/C21H26FN3O3/c22-19-7-5-16(6-8-19)20(26)14-24-21(27)23-13-17-3-1-2-4-18(17)15-25-9-11-28-12-10-25/h1-8,20,26H,9-15H2,(H2,23,24,27). The van der Waals surface area contributed by atoms with Gasteiger partial charge in [-0.15, -0.1) is 0 Å². The number of nitrogens with one attached hydrogen (secondary N) is 2. The van der Waals surface area contributed by atoms with Crippen molar-refractivity contribution in [1.82, 2.24) is 15.5 Å². The topological polar surface area (TPSA) is 73.8 Å². The molecule has 2 aromatic rings. The Morgan fingerprint density at radius 3 is 2.46 bits per heavy atom. The van der Waals surface area contributed by atoms with Gasteiger partial charge in [0.05, 0.1) is 19.3 Å². The molecule has 28 heavy (non-hydrogen) atoms. The third-order valence-electron chi connectivity index (χ3n) is 4.77. The molecule has 3 rings (SSSR count). The van der Waals surface area contributed by atoms with Crippen LogP contribution < -0.4 is 10.6 Å². The summed E-state index contributed by atoms with van der Waals surface area (Å²) in [7, 11) is 0. The first-order valence-corrected chi connectivity index (χ1v) is 9.44. The molecule has 1 heterocycles. The zero-order valence-corrected chi connectivity index (χ0v) is 15.7. The monoisotopic (exact) mass is 387 g/mol. The smallest absolute Gasteiger partial charge is 0.315 e. The second-order valence-electron chi connectivity index (χ2n) is 6.79. The summed E-state index contributed by atoms with van der Waals surface area (Å²) in [4.78, 5) is 14.4. The van der Waals surface area contributed by atoms with Crippen molar-refractivity contribution in [3.8, 4) is 0 Å². The predicted molar refractivity (Wildman–Crippen MR) is 104 cm³/mol. The van der Waals surface area contributed by atoms with E-state index in [1.54, 1.807) is 0 Å². The quantitative estimate of drug-likeness (QED) is 0.681. The summed E-state index contributed by atoms with van der Waals surface area (Å²) in [6, 6.07) is 13.2. The molecule has 2 aromatic carbocycles. The Balaban J connectivity index is 1.47. The lowest BCUT2D eigenvalue weighted by molar-refractivity contribution is 0.0341. The van der Waals surface area contributed by atoms with Crippen LogP contribution in [0.2, 0.25) is 0 Å². The van der Waals surface area contributed by atoms with Crippen LogP contribution in [0, 0.1) is 5.82 Å². The van der Waals surface area contributed by atoms with Crippen molar-refractivity contribution in [1.29, 1.82) is 0 Å². The molecule has 0 saturated carbocycles. The molecule has 0 aliphatic carbocycles. The molecule has 1 unspecified atom stereocenters. The second-order valence-corrected chi connectivity index (χ2v) is 6.79. The minimum Gasteiger partial charge on any atom is -0.387 e. The van der Waals surface area contributed by atoms with E-state index in [1.807, 2.05) is 18.2 Å². The highest BCUT2D eigenvalue weighted by molar-refractivity contribution is 5.73. The Hall–Kier alpha value is -2.48. The van der Waals surface area contributed by atoms with E-state index in [-0.39, 0.29) is 18.4 Å². The van der Waals surface area contributed by atoms with Gasteiger partial charge in [0.15, 0.2) is 0 Å². The van der Waals surface area contributed by atoms with Crippen LogP contribution in [0.4, 0.5) is 9.18 Å². The number of halogens is 1. The molecule has 1 atom stereocenters. The first-order valence-electron chi connectivity index (χ1n) is 9.44. The normalized spacial score (nSPS) is 15.8. The van der Waals surface area contributed by atoms with Gasteiger partial charge in [0, 0.05) is 32.7 Å². The number of aliphatic hydroxyl groups excluding tert-OH is 1. The number of carbonyl (C=O) groups excluding carboxylic acids is 1. The van der Waals surface area contributed by atoms with Gasteiger partial charge in [0.1, 0.15) is 5.82 Å². The zero-order valence-electron chi connectivity index (χ0n) is 15.7. The highest BCUT2D eigenvalue weighted by Crippen LogP contribution is 2.14. The molecule has 1 aliphatic rings. The number of morpholine rings is 1. The molecule has 150 valence electrons. The fourth-order valence-electron chi connectivity index (χ4n) is 3.11. The molecular formula is C21H26FN3O3. The molecule has 2 amide bonds. The van der Waals surface area contributed by atoms with Crippen molar-refractivity contribution in [2.45, 2.75) is 19.2 Å². The highest BCUT2D eigenvalue weighted by Gasteiger charge is 2.13. The number of aliphatic hydroxyl groups is 1. The molecule has 6 nitrogen and oxygen atoms in total. The van der Waals surface area contributed by atoms with Crippen LogP contribution in [0.15, 0.2) is 48.5 Å². The average molecular weight is 387 g/mol. The fraction of sp³-hybridized carbons (Fsp3) is 0.381. The third kappa shape index (κ3) is 6.02. The van der Waals surface area contributed by atoms with E-state index in [4.69, 9.17) is 4.74 Å². The summed E-state index contributed by atoms with van der Waals surface area (Å²) in [5.74, 6) is -0.364. The number of nitrogens with zero attached hydrogens (tertiary/aromatic N) is 1. The van der Waals surface area contributed by atoms with E-state index in [1.165, 1.54) is 29.8 Å². The Bertz CT molecular complexity index is 764. The molecule has 1 saturated heterocycles. The molecule has 1 fully saturated rings. The summed E-state index contributed by atoms with van der Waals surface area (Å²) in [6.07, 6.45) is -0.889. The summed E-state index contributed by atoms with van der Waals surface area (Å²) >= 11 is 0. The van der Waals surface area contributed by atoms with Crippen molar-refractivity contribution in [3.05, 3.63) is 71.0 Å². The molecule has 1 aliphatic heterocycles. The molecular weight excluding hydrogens is 361 g/mol. The third-order valence-corrected chi connectivity index (χ3v) is 4.77. The summed E-state index contributed by atoms with van der Waals surface area (Å²) < 4.78 is 18.3. The van der Waals surface area contributed by atoms with Gasteiger partial charge >= 0.3 is 6.03 Å². The van der Waals surface area contributed by atoms with E-state index in [0.717, 1.165) is 38.4 Å². The molecule has 0 aromatic heterocycles. The van der Waals surface area contributed by atoms with Crippen LogP contribution in [0.5, 0.6) is 0 Å². The molecule has 0 bridgehead atoms. The predicted octanol–water partition coefficient (Wildman–Crippen LogP) is 2.19. The lowest BCUT2D eigenvalue weighted by atomic mass is 10.1. The van der Waals surface area contributed by atoms with Crippen molar-refractivity contribution in [3.63, 3.8) is 0 Å². The van der Waals surface area contributed by atoms with Gasteiger partial charge in [0.25, 0.3) is 0 Å². The minimum atomic E-state index is -0.889. The van der Waals surface area contributed by atoms with E-state index in [9.17, 15) is 14.3 Å². The first kappa shape index (κ1) is 20.3. The van der Waals surface area contributed by atoms with Crippen LogP contribution in [0.1, 0.15) is 22.8 Å². The van der Waals surface area contributed by atoms with E-state index < -0.39 is 6.10 Å². The van der Waals surface area contributed by atoms with Gasteiger partial charge < -0.3 is 20.5 Å². The van der Waals surface area contributed by atoms with Gasteiger partial charge in [-0.1, -0.05) is 36.4 Å². The van der Waals surface area contributed by atoms with Gasteiger partial charge in [-0.2, -0.15) is 0 Å². The van der Waals surface area contributed by atoms with Gasteiger partial charge in [-0.05, 0) is 28.8 Å². The number of benzene rings is 2. The lowest BCUT2D eigenvalue weighted by Gasteiger charge is -2.27. The highest BCUT2D eigenvalue weighted by atomic mass is 19.1. The van der Waals surface area contributed by atoms with Crippen molar-refractivity contribution in [2.75, 3.05) is 32.8 Å². The minimum absolute atomic E-state index is 0.0485. The Kier molecular flexibility index (Phi) is 7.36. The summed E-state index contributed by atoms with van der Waals surface area (Å²) in [5.41, 5.74) is 2.79. The maximum atomic E-state index is 12.9. The molecule has 0 radical (unpaired) electrons. The largest absolute Gasteiger partial charge is 0.387 e. The maximum Gasteiger partial charge on any atom is 0.315 e. The lowest BCUT2D eigenvalue weighted by Crippen LogP contribution is -2.38. The number of carbonyl (C=O) groups is 1. The number of hydrogen-bond donors (Lipinski definition) is 3. The number of hydrogen-bond acceptors (Lipinski definition) is 4. The van der Waals surface area contributed by atoms with E-state index in [0.29, 0.717) is 12.1 Å². The first-order chi connectivity index (χ1) is 13.6. The van der Waals surface area contributed by atoms with Crippen molar-refractivity contribution < 1.29 is 19.0 Å². The number of urea groups is 1. The van der Waals surface area contributed by atoms with Crippen LogP contribution in [-0.2, 0) is 17.8 Å². The fourth-order valence-corrected chi connectivity index (χ4v) is 3.11.